The van der Waals surface area contributed by atoms with Gasteiger partial charge in [-0.25, -0.2) is 0 Å². The Labute approximate surface area is 159 Å². The van der Waals surface area contributed by atoms with Crippen LogP contribution in [0.4, 0.5) is 0 Å². The molecule has 0 fully saturated rings. The number of benzene rings is 3. The van der Waals surface area contributed by atoms with Crippen molar-refractivity contribution in [3.63, 3.8) is 0 Å². The third kappa shape index (κ3) is 2.43. The highest BCUT2D eigenvalue weighted by Gasteiger charge is 2.47. The maximum absolute atomic E-state index is 12.5. The van der Waals surface area contributed by atoms with Crippen LogP contribution < -0.4 is 0 Å². The SMILES string of the molecule is O=C1C=CC2(c3ccccc3CC2/C=C/c2ccccc2)c2ccccc21. The largest absolute Gasteiger partial charge is 0.289 e. The number of allylic oxidation sites excluding steroid dienone is 3. The predicted octanol–water partition coefficient (Wildman–Crippen LogP) is 5.61. The molecule has 1 nitrogen and oxygen atoms in total. The normalized spacial score (nSPS) is 23.0. The van der Waals surface area contributed by atoms with E-state index in [-0.39, 0.29) is 17.1 Å². The van der Waals surface area contributed by atoms with Gasteiger partial charge < -0.3 is 0 Å². The summed E-state index contributed by atoms with van der Waals surface area (Å²) in [5.41, 5.74) is 5.58. The first-order chi connectivity index (χ1) is 13.3. The van der Waals surface area contributed by atoms with E-state index in [1.165, 1.54) is 16.7 Å². The Balaban J connectivity index is 1.70. The van der Waals surface area contributed by atoms with Crippen LogP contribution in [0.15, 0.2) is 97.1 Å². The molecule has 1 heteroatoms. The Morgan fingerprint density at radius 3 is 2.37 bits per heavy atom. The van der Waals surface area contributed by atoms with Crippen LogP contribution in [0, 0.1) is 5.92 Å². The van der Waals surface area contributed by atoms with Crippen molar-refractivity contribution in [3.8, 4) is 0 Å². The molecule has 0 saturated carbocycles. The Hall–Kier alpha value is -3.19. The molecular weight excluding hydrogens is 328 g/mol. The Morgan fingerprint density at radius 2 is 1.52 bits per heavy atom. The first-order valence-electron chi connectivity index (χ1n) is 9.44. The minimum atomic E-state index is -0.271. The third-order valence-electron chi connectivity index (χ3n) is 5.94. The zero-order valence-electron chi connectivity index (χ0n) is 15.0. The van der Waals surface area contributed by atoms with Crippen LogP contribution in [0.3, 0.4) is 0 Å². The first kappa shape index (κ1) is 16.0. The smallest absolute Gasteiger partial charge is 0.185 e. The van der Waals surface area contributed by atoms with Crippen LogP contribution in [0.5, 0.6) is 0 Å². The van der Waals surface area contributed by atoms with Crippen LogP contribution in [0.25, 0.3) is 6.08 Å². The van der Waals surface area contributed by atoms with E-state index in [4.69, 9.17) is 0 Å². The Bertz CT molecular complexity index is 1070. The number of ketones is 1. The molecule has 130 valence electrons. The highest BCUT2D eigenvalue weighted by atomic mass is 16.1. The summed E-state index contributed by atoms with van der Waals surface area (Å²) in [5, 5.41) is 0. The summed E-state index contributed by atoms with van der Waals surface area (Å²) in [6, 6.07) is 27.2. The number of hydrogen-bond donors (Lipinski definition) is 0. The topological polar surface area (TPSA) is 17.1 Å². The number of rotatable bonds is 2. The second kappa shape index (κ2) is 6.21. The summed E-state index contributed by atoms with van der Waals surface area (Å²) in [5.74, 6) is 0.381. The quantitative estimate of drug-likeness (QED) is 0.588. The fourth-order valence-electron chi connectivity index (χ4n) is 4.71. The van der Waals surface area contributed by atoms with E-state index in [1.807, 2.05) is 24.3 Å². The van der Waals surface area contributed by atoms with Gasteiger partial charge in [-0.05, 0) is 40.7 Å². The Kier molecular flexibility index (Phi) is 3.68. The molecule has 27 heavy (non-hydrogen) atoms. The molecule has 3 aromatic rings. The van der Waals surface area contributed by atoms with Gasteiger partial charge >= 0.3 is 0 Å². The van der Waals surface area contributed by atoms with E-state index in [0.717, 1.165) is 17.5 Å². The fraction of sp³-hybridized carbons (Fsp3) is 0.115. The summed E-state index contributed by atoms with van der Waals surface area (Å²) in [7, 11) is 0. The van der Waals surface area contributed by atoms with Gasteiger partial charge in [-0.2, -0.15) is 0 Å². The second-order valence-electron chi connectivity index (χ2n) is 7.35. The van der Waals surface area contributed by atoms with Crippen LogP contribution >= 0.6 is 0 Å². The second-order valence-corrected chi connectivity index (χ2v) is 7.35. The van der Waals surface area contributed by atoms with Gasteiger partial charge in [0.1, 0.15) is 0 Å². The standard InChI is InChI=1S/C26H20O/c27-25-16-17-26(24-13-7-5-11-22(24)25)21(15-14-19-8-2-1-3-9-19)18-20-10-4-6-12-23(20)26/h1-17,21H,18H2/b15-14+. The van der Waals surface area contributed by atoms with Gasteiger partial charge in [0.05, 0.1) is 0 Å². The van der Waals surface area contributed by atoms with E-state index in [2.05, 4.69) is 72.8 Å². The third-order valence-corrected chi connectivity index (χ3v) is 5.94. The highest BCUT2D eigenvalue weighted by Crippen LogP contribution is 2.52. The van der Waals surface area contributed by atoms with E-state index in [1.54, 1.807) is 6.08 Å². The lowest BCUT2D eigenvalue weighted by Gasteiger charge is -2.36. The van der Waals surface area contributed by atoms with Crippen molar-refractivity contribution < 1.29 is 4.79 Å². The molecule has 0 saturated heterocycles. The van der Waals surface area contributed by atoms with Crippen molar-refractivity contribution in [1.29, 1.82) is 0 Å². The lowest BCUT2D eigenvalue weighted by atomic mass is 9.65. The molecule has 0 aromatic heterocycles. The average molecular weight is 348 g/mol. The lowest BCUT2D eigenvalue weighted by molar-refractivity contribution is 0.104. The molecule has 5 rings (SSSR count). The van der Waals surface area contributed by atoms with Gasteiger partial charge in [0.25, 0.3) is 0 Å². The van der Waals surface area contributed by atoms with Crippen molar-refractivity contribution in [1.82, 2.24) is 0 Å². The Morgan fingerprint density at radius 1 is 0.815 bits per heavy atom. The molecular formula is C26H20O. The zero-order valence-corrected chi connectivity index (χ0v) is 15.0. The zero-order chi connectivity index (χ0) is 18.3. The molecule has 3 aromatic carbocycles. The highest BCUT2D eigenvalue weighted by molar-refractivity contribution is 6.08. The van der Waals surface area contributed by atoms with E-state index < -0.39 is 0 Å². The van der Waals surface area contributed by atoms with E-state index >= 15 is 0 Å². The van der Waals surface area contributed by atoms with Gasteiger partial charge in [0.2, 0.25) is 0 Å². The van der Waals surface area contributed by atoms with Crippen molar-refractivity contribution in [2.45, 2.75) is 11.8 Å². The average Bonchev–Trinajstić information content (AvgIpc) is 3.04. The summed E-state index contributed by atoms with van der Waals surface area (Å²) >= 11 is 0. The first-order valence-corrected chi connectivity index (χ1v) is 9.44. The molecule has 0 aliphatic heterocycles. The van der Waals surface area contributed by atoms with Crippen LogP contribution in [-0.4, -0.2) is 5.78 Å². The van der Waals surface area contributed by atoms with Crippen LogP contribution in [0.1, 0.15) is 32.6 Å². The molecule has 0 heterocycles. The molecule has 1 spiro atoms. The fourth-order valence-corrected chi connectivity index (χ4v) is 4.71. The molecule has 0 radical (unpaired) electrons. The van der Waals surface area contributed by atoms with E-state index in [0.29, 0.717) is 0 Å². The van der Waals surface area contributed by atoms with E-state index in [9.17, 15) is 4.79 Å². The number of carbonyl (C=O) groups is 1. The number of hydrogen-bond acceptors (Lipinski definition) is 1. The summed E-state index contributed by atoms with van der Waals surface area (Å²) < 4.78 is 0. The van der Waals surface area contributed by atoms with Crippen molar-refractivity contribution in [3.05, 3.63) is 125 Å². The summed E-state index contributed by atoms with van der Waals surface area (Å²) in [6.45, 7) is 0. The van der Waals surface area contributed by atoms with Gasteiger partial charge in [0, 0.05) is 11.0 Å². The maximum Gasteiger partial charge on any atom is 0.185 e. The van der Waals surface area contributed by atoms with Crippen LogP contribution in [-0.2, 0) is 11.8 Å². The van der Waals surface area contributed by atoms with Gasteiger partial charge in [-0.3, -0.25) is 4.79 Å². The molecule has 0 bridgehead atoms. The molecule has 2 unspecified atom stereocenters. The van der Waals surface area contributed by atoms with Crippen LogP contribution in [0.2, 0.25) is 0 Å². The van der Waals surface area contributed by atoms with Crippen molar-refractivity contribution >= 4 is 11.9 Å². The number of fused-ring (bicyclic) bond motifs is 4. The molecule has 0 amide bonds. The van der Waals surface area contributed by atoms with Gasteiger partial charge in [-0.15, -0.1) is 0 Å². The van der Waals surface area contributed by atoms with Crippen molar-refractivity contribution in [2.24, 2.45) is 5.92 Å². The minimum absolute atomic E-state index is 0.103. The molecule has 0 N–H and O–H groups in total. The van der Waals surface area contributed by atoms with Crippen molar-refractivity contribution in [2.75, 3.05) is 0 Å². The molecule has 2 aliphatic rings. The van der Waals surface area contributed by atoms with Gasteiger partial charge in [-0.1, -0.05) is 97.1 Å². The molecule has 2 aliphatic carbocycles. The predicted molar refractivity (Wildman–Crippen MR) is 110 cm³/mol. The minimum Gasteiger partial charge on any atom is -0.289 e. The maximum atomic E-state index is 12.5. The van der Waals surface area contributed by atoms with Gasteiger partial charge in [0.15, 0.2) is 5.78 Å². The summed E-state index contributed by atoms with van der Waals surface area (Å²) in [6.07, 6.45) is 9.43. The summed E-state index contributed by atoms with van der Waals surface area (Å²) in [4.78, 5) is 12.5. The number of carbonyl (C=O) groups excluding carboxylic acids is 1. The molecule has 2 atom stereocenters. The monoisotopic (exact) mass is 348 g/mol. The lowest BCUT2D eigenvalue weighted by Crippen LogP contribution is -2.34.